The third-order valence-corrected chi connectivity index (χ3v) is 10.8. The van der Waals surface area contributed by atoms with Crippen LogP contribution in [0.15, 0.2) is 137 Å². The number of benzene rings is 5. The fourth-order valence-corrected chi connectivity index (χ4v) is 8.57. The predicted octanol–water partition coefficient (Wildman–Crippen LogP) is 9.98. The summed E-state index contributed by atoms with van der Waals surface area (Å²) in [5.74, 6) is 0.244. The SMILES string of the molecule is CC12C=CCCC1Sc1c(-c3ccc4c(c3)c3ccccc3n4-c3cccc(C(=N)/N=C/c4ccccc4)c3)cccc12. The number of amidine groups is 1. The van der Waals surface area contributed by atoms with Crippen molar-refractivity contribution in [3.05, 3.63) is 144 Å². The predicted molar refractivity (Wildman–Crippen MR) is 182 cm³/mol. The molecule has 208 valence electrons. The van der Waals surface area contributed by atoms with Crippen LogP contribution < -0.4 is 0 Å². The molecule has 0 radical (unpaired) electrons. The monoisotopic (exact) mass is 573 g/mol. The summed E-state index contributed by atoms with van der Waals surface area (Å²) in [4.78, 5) is 5.90. The molecule has 0 saturated carbocycles. The Bertz CT molecular complexity index is 2100. The minimum absolute atomic E-state index is 0.109. The van der Waals surface area contributed by atoms with E-state index >= 15 is 0 Å². The van der Waals surface area contributed by atoms with Gasteiger partial charge in [0.05, 0.1) is 11.0 Å². The number of thioether (sulfide) groups is 1. The fraction of sp³-hybridized carbons (Fsp3) is 0.128. The molecular formula is C39H31N3S. The van der Waals surface area contributed by atoms with Gasteiger partial charge in [0.2, 0.25) is 0 Å². The number of allylic oxidation sites excluding steroid dienone is 2. The Balaban J connectivity index is 1.23. The van der Waals surface area contributed by atoms with E-state index in [1.807, 2.05) is 42.5 Å². The molecule has 1 N–H and O–H groups in total. The first-order valence-corrected chi connectivity index (χ1v) is 15.8. The number of aromatic nitrogens is 1. The van der Waals surface area contributed by atoms with E-state index in [9.17, 15) is 0 Å². The van der Waals surface area contributed by atoms with Crippen molar-refractivity contribution < 1.29 is 0 Å². The summed E-state index contributed by atoms with van der Waals surface area (Å²) in [6, 6.07) is 40.5. The highest BCUT2D eigenvalue weighted by Crippen LogP contribution is 2.56. The number of hydrogen-bond donors (Lipinski definition) is 1. The standard InChI is InChI=1S/C39H31N3S/c1-39-22-8-7-19-36(39)43-37-30(16-10-17-33(37)39)27-20-21-35-32(24-27)31-15-5-6-18-34(31)42(35)29-14-9-13-28(23-29)38(40)41-25-26-11-3-2-4-12-26/h2-6,8-18,20-25,36,40H,7,19H2,1H3/b40-38?,41-25+. The molecule has 3 nitrogen and oxygen atoms in total. The van der Waals surface area contributed by atoms with Gasteiger partial charge in [0, 0.05) is 43.8 Å². The molecule has 0 saturated heterocycles. The number of rotatable bonds is 4. The highest BCUT2D eigenvalue weighted by atomic mass is 32.2. The van der Waals surface area contributed by atoms with E-state index in [1.165, 1.54) is 45.2 Å². The average Bonchev–Trinajstić information content (AvgIpc) is 3.55. The second kappa shape index (κ2) is 10.3. The number of fused-ring (bicyclic) bond motifs is 6. The Hall–Kier alpha value is -4.67. The van der Waals surface area contributed by atoms with Gasteiger partial charge in [0.25, 0.3) is 0 Å². The van der Waals surface area contributed by atoms with Gasteiger partial charge in [0.1, 0.15) is 0 Å². The summed E-state index contributed by atoms with van der Waals surface area (Å²) >= 11 is 2.07. The molecule has 2 heterocycles. The van der Waals surface area contributed by atoms with Gasteiger partial charge in [-0.2, -0.15) is 0 Å². The zero-order chi connectivity index (χ0) is 29.0. The Morgan fingerprint density at radius 1 is 0.860 bits per heavy atom. The number of aliphatic imine (C=N–C) groups is 1. The van der Waals surface area contributed by atoms with Gasteiger partial charge >= 0.3 is 0 Å². The second-order valence-electron chi connectivity index (χ2n) is 11.7. The van der Waals surface area contributed by atoms with Crippen molar-refractivity contribution in [3.8, 4) is 16.8 Å². The molecule has 1 aromatic heterocycles. The Morgan fingerprint density at radius 3 is 2.58 bits per heavy atom. The number of hydrogen-bond acceptors (Lipinski definition) is 2. The molecule has 2 unspecified atom stereocenters. The number of nitrogens with one attached hydrogen (secondary N) is 1. The third kappa shape index (κ3) is 4.28. The molecule has 0 spiro atoms. The van der Waals surface area contributed by atoms with Gasteiger partial charge in [-0.1, -0.05) is 104 Å². The van der Waals surface area contributed by atoms with Gasteiger partial charge < -0.3 is 4.57 Å². The van der Waals surface area contributed by atoms with Crippen LogP contribution in [0.2, 0.25) is 0 Å². The minimum atomic E-state index is 0.109. The van der Waals surface area contributed by atoms with Gasteiger partial charge in [-0.3, -0.25) is 5.41 Å². The minimum Gasteiger partial charge on any atom is -0.309 e. The first-order valence-electron chi connectivity index (χ1n) is 14.9. The van der Waals surface area contributed by atoms with Crippen LogP contribution in [0.3, 0.4) is 0 Å². The average molecular weight is 574 g/mol. The van der Waals surface area contributed by atoms with Crippen LogP contribution in [0.5, 0.6) is 0 Å². The number of nitrogens with zero attached hydrogens (tertiary/aromatic N) is 2. The van der Waals surface area contributed by atoms with E-state index in [4.69, 9.17) is 5.41 Å². The van der Waals surface area contributed by atoms with Crippen molar-refractivity contribution in [2.45, 2.75) is 35.3 Å². The molecule has 4 heteroatoms. The smallest absolute Gasteiger partial charge is 0.151 e. The maximum atomic E-state index is 8.67. The molecule has 1 aliphatic heterocycles. The van der Waals surface area contributed by atoms with E-state index in [2.05, 4.69) is 113 Å². The maximum absolute atomic E-state index is 8.67. The topological polar surface area (TPSA) is 41.1 Å². The van der Waals surface area contributed by atoms with Gasteiger partial charge in [-0.25, -0.2) is 4.99 Å². The molecule has 0 bridgehead atoms. The molecule has 0 amide bonds. The van der Waals surface area contributed by atoms with Crippen molar-refractivity contribution >= 4 is 45.6 Å². The lowest BCUT2D eigenvalue weighted by Gasteiger charge is -2.31. The molecular weight excluding hydrogens is 543 g/mol. The van der Waals surface area contributed by atoms with Gasteiger partial charge in [-0.05, 0) is 65.4 Å². The van der Waals surface area contributed by atoms with E-state index in [0.717, 1.165) is 27.8 Å². The summed E-state index contributed by atoms with van der Waals surface area (Å²) in [6.45, 7) is 2.41. The van der Waals surface area contributed by atoms with Crippen LogP contribution in [-0.4, -0.2) is 21.9 Å². The summed E-state index contributed by atoms with van der Waals surface area (Å²) < 4.78 is 2.32. The number of para-hydroxylation sites is 1. The van der Waals surface area contributed by atoms with E-state index < -0.39 is 0 Å². The quantitative estimate of drug-likeness (QED) is 0.127. The highest BCUT2D eigenvalue weighted by Gasteiger charge is 2.43. The van der Waals surface area contributed by atoms with Gasteiger partial charge in [-0.15, -0.1) is 11.8 Å². The van der Waals surface area contributed by atoms with Crippen LogP contribution in [-0.2, 0) is 5.41 Å². The summed E-state index contributed by atoms with van der Waals surface area (Å²) in [6.07, 6.45) is 8.96. The van der Waals surface area contributed by atoms with E-state index in [0.29, 0.717) is 5.25 Å². The zero-order valence-electron chi connectivity index (χ0n) is 24.0. The largest absolute Gasteiger partial charge is 0.309 e. The molecule has 6 aromatic rings. The Morgan fingerprint density at radius 2 is 1.67 bits per heavy atom. The first kappa shape index (κ1) is 26.0. The van der Waals surface area contributed by atoms with Crippen molar-refractivity contribution in [2.24, 2.45) is 4.99 Å². The van der Waals surface area contributed by atoms with Crippen LogP contribution in [0.1, 0.15) is 36.5 Å². The molecule has 5 aromatic carbocycles. The van der Waals surface area contributed by atoms with Crippen LogP contribution in [0, 0.1) is 5.41 Å². The highest BCUT2D eigenvalue weighted by molar-refractivity contribution is 8.00. The van der Waals surface area contributed by atoms with Crippen molar-refractivity contribution in [1.82, 2.24) is 4.57 Å². The zero-order valence-corrected chi connectivity index (χ0v) is 24.8. The van der Waals surface area contributed by atoms with Crippen molar-refractivity contribution in [2.75, 3.05) is 0 Å². The van der Waals surface area contributed by atoms with Crippen LogP contribution >= 0.6 is 11.8 Å². The lowest BCUT2D eigenvalue weighted by molar-refractivity contribution is 0.520. The van der Waals surface area contributed by atoms with Crippen molar-refractivity contribution in [3.63, 3.8) is 0 Å². The maximum Gasteiger partial charge on any atom is 0.151 e. The molecule has 0 fully saturated rings. The molecule has 2 atom stereocenters. The summed E-state index contributed by atoms with van der Waals surface area (Å²) in [5.41, 5.74) is 9.27. The van der Waals surface area contributed by atoms with Crippen LogP contribution in [0.4, 0.5) is 0 Å². The fourth-order valence-electron chi connectivity index (χ4n) is 6.85. The van der Waals surface area contributed by atoms with Gasteiger partial charge in [0.15, 0.2) is 5.84 Å². The molecule has 8 rings (SSSR count). The van der Waals surface area contributed by atoms with Crippen LogP contribution in [0.25, 0.3) is 38.6 Å². The summed E-state index contributed by atoms with van der Waals surface area (Å²) in [5, 5.41) is 11.7. The van der Waals surface area contributed by atoms with Crippen molar-refractivity contribution in [1.29, 1.82) is 5.41 Å². The Labute approximate surface area is 256 Å². The molecule has 43 heavy (non-hydrogen) atoms. The second-order valence-corrected chi connectivity index (χ2v) is 12.9. The molecule has 1 aliphatic carbocycles. The lowest BCUT2D eigenvalue weighted by atomic mass is 9.74. The lowest BCUT2D eigenvalue weighted by Crippen LogP contribution is -2.30. The van der Waals surface area contributed by atoms with E-state index in [-0.39, 0.29) is 11.3 Å². The third-order valence-electron chi connectivity index (χ3n) is 9.09. The normalized spacial score (nSPS) is 19.2. The molecule has 2 aliphatic rings. The van der Waals surface area contributed by atoms with E-state index in [1.54, 1.807) is 6.21 Å². The Kier molecular flexibility index (Phi) is 6.20. The summed E-state index contributed by atoms with van der Waals surface area (Å²) in [7, 11) is 0. The first-order chi connectivity index (χ1) is 21.1.